The summed E-state index contributed by atoms with van der Waals surface area (Å²) in [5.74, 6) is 1.50. The molecule has 0 atom stereocenters. The highest BCUT2D eigenvalue weighted by molar-refractivity contribution is 6.42. The average molecular weight is 413 g/mol. The van der Waals surface area contributed by atoms with Gasteiger partial charge in [0.1, 0.15) is 0 Å². The highest BCUT2D eigenvalue weighted by Crippen LogP contribution is 2.40. The minimum absolute atomic E-state index is 0.354. The van der Waals surface area contributed by atoms with Crippen LogP contribution in [0.1, 0.15) is 20.8 Å². The Hall–Kier alpha value is -2.31. The van der Waals surface area contributed by atoms with Crippen LogP contribution in [-0.2, 0) is 0 Å². The van der Waals surface area contributed by atoms with E-state index in [0.29, 0.717) is 58.5 Å². The van der Waals surface area contributed by atoms with Gasteiger partial charge in [0.25, 0.3) is 0 Å². The lowest BCUT2D eigenvalue weighted by molar-refractivity contribution is 0.260. The summed E-state index contributed by atoms with van der Waals surface area (Å²) in [6.45, 7) is 6.97. The molecule has 0 aliphatic carbocycles. The molecule has 6 nitrogen and oxygen atoms in total. The minimum Gasteiger partial charge on any atom is -0.490 e. The van der Waals surface area contributed by atoms with E-state index < -0.39 is 6.03 Å². The lowest BCUT2D eigenvalue weighted by Gasteiger charge is -2.17. The first kappa shape index (κ1) is 21.0. The molecule has 0 bridgehead atoms. The van der Waals surface area contributed by atoms with Gasteiger partial charge in [-0.25, -0.2) is 4.79 Å². The van der Waals surface area contributed by atoms with Crippen LogP contribution in [0.25, 0.3) is 0 Å². The summed E-state index contributed by atoms with van der Waals surface area (Å²) in [5, 5.41) is 6.21. The highest BCUT2D eigenvalue weighted by atomic mass is 35.5. The number of amides is 2. The Balaban J connectivity index is 2.22. The Morgan fingerprint density at radius 1 is 0.815 bits per heavy atom. The van der Waals surface area contributed by atoms with Crippen LogP contribution in [0.5, 0.6) is 17.2 Å². The summed E-state index contributed by atoms with van der Waals surface area (Å²) < 4.78 is 16.9. The predicted octanol–water partition coefficient (Wildman–Crippen LogP) is 5.83. The summed E-state index contributed by atoms with van der Waals surface area (Å²) >= 11 is 11.8. The molecule has 0 unspecified atom stereocenters. The molecule has 0 saturated heterocycles. The molecule has 146 valence electrons. The van der Waals surface area contributed by atoms with E-state index in [-0.39, 0.29) is 0 Å². The summed E-state index contributed by atoms with van der Waals surface area (Å²) in [6, 6.07) is 7.76. The second-order valence-corrected chi connectivity index (χ2v) is 6.12. The fourth-order valence-corrected chi connectivity index (χ4v) is 2.63. The largest absolute Gasteiger partial charge is 0.490 e. The number of ether oxygens (including phenoxy) is 3. The highest BCUT2D eigenvalue weighted by Gasteiger charge is 2.16. The number of hydrogen-bond acceptors (Lipinski definition) is 4. The van der Waals surface area contributed by atoms with E-state index >= 15 is 0 Å². The zero-order chi connectivity index (χ0) is 19.8. The molecule has 0 spiro atoms. The van der Waals surface area contributed by atoms with Crippen molar-refractivity contribution >= 4 is 40.6 Å². The van der Waals surface area contributed by atoms with Crippen LogP contribution < -0.4 is 24.8 Å². The normalized spacial score (nSPS) is 10.3. The lowest BCUT2D eigenvalue weighted by Crippen LogP contribution is -2.19. The number of nitrogens with one attached hydrogen (secondary N) is 2. The van der Waals surface area contributed by atoms with Crippen LogP contribution >= 0.6 is 23.2 Å². The van der Waals surface area contributed by atoms with Crippen LogP contribution in [0.2, 0.25) is 10.0 Å². The fourth-order valence-electron chi connectivity index (χ4n) is 2.33. The van der Waals surface area contributed by atoms with Crippen molar-refractivity contribution in [3.8, 4) is 17.2 Å². The van der Waals surface area contributed by atoms with Gasteiger partial charge in [0, 0.05) is 17.8 Å². The van der Waals surface area contributed by atoms with Gasteiger partial charge in [-0.3, -0.25) is 0 Å². The van der Waals surface area contributed by atoms with Gasteiger partial charge in [0.05, 0.1) is 35.6 Å². The fraction of sp³-hybridized carbons (Fsp3) is 0.316. The molecule has 8 heteroatoms. The monoisotopic (exact) mass is 412 g/mol. The maximum Gasteiger partial charge on any atom is 0.323 e. The third-order valence-corrected chi connectivity index (χ3v) is 4.08. The van der Waals surface area contributed by atoms with E-state index in [1.54, 1.807) is 30.3 Å². The number of anilines is 2. The Kier molecular flexibility index (Phi) is 7.88. The van der Waals surface area contributed by atoms with Crippen molar-refractivity contribution < 1.29 is 19.0 Å². The van der Waals surface area contributed by atoms with E-state index in [1.807, 2.05) is 20.8 Å². The third kappa shape index (κ3) is 5.84. The lowest BCUT2D eigenvalue weighted by atomic mass is 10.2. The van der Waals surface area contributed by atoms with E-state index in [9.17, 15) is 4.79 Å². The number of hydrogen-bond donors (Lipinski definition) is 2. The van der Waals surface area contributed by atoms with Crippen molar-refractivity contribution in [3.63, 3.8) is 0 Å². The minimum atomic E-state index is -0.442. The smallest absolute Gasteiger partial charge is 0.323 e. The van der Waals surface area contributed by atoms with Crippen LogP contribution in [0.15, 0.2) is 30.3 Å². The first-order chi connectivity index (χ1) is 13.0. The Morgan fingerprint density at radius 3 is 1.89 bits per heavy atom. The Morgan fingerprint density at radius 2 is 1.37 bits per heavy atom. The van der Waals surface area contributed by atoms with Crippen LogP contribution in [0.3, 0.4) is 0 Å². The van der Waals surface area contributed by atoms with E-state index in [2.05, 4.69) is 10.6 Å². The molecule has 2 aromatic rings. The second-order valence-electron chi connectivity index (χ2n) is 5.31. The van der Waals surface area contributed by atoms with Crippen molar-refractivity contribution in [2.45, 2.75) is 20.8 Å². The van der Waals surface area contributed by atoms with E-state index in [0.717, 1.165) is 0 Å². The number of rotatable bonds is 8. The Labute approximate surface area is 168 Å². The summed E-state index contributed by atoms with van der Waals surface area (Å²) in [6.07, 6.45) is 0. The summed E-state index contributed by atoms with van der Waals surface area (Å²) in [7, 11) is 0. The van der Waals surface area contributed by atoms with Gasteiger partial charge in [-0.2, -0.15) is 0 Å². The molecule has 0 saturated carbocycles. The van der Waals surface area contributed by atoms with Gasteiger partial charge in [-0.1, -0.05) is 23.2 Å². The molecule has 27 heavy (non-hydrogen) atoms. The van der Waals surface area contributed by atoms with Crippen molar-refractivity contribution in [1.82, 2.24) is 0 Å². The van der Waals surface area contributed by atoms with Crippen LogP contribution in [0.4, 0.5) is 16.2 Å². The molecular weight excluding hydrogens is 391 g/mol. The number of benzene rings is 2. The van der Waals surface area contributed by atoms with Crippen LogP contribution in [-0.4, -0.2) is 25.9 Å². The number of halogens is 2. The summed E-state index contributed by atoms with van der Waals surface area (Å²) in [5.41, 5.74) is 1.02. The number of carbonyl (C=O) groups is 1. The van der Waals surface area contributed by atoms with Gasteiger partial charge in [-0.05, 0) is 39.0 Å². The van der Waals surface area contributed by atoms with Gasteiger partial charge < -0.3 is 24.8 Å². The first-order valence-electron chi connectivity index (χ1n) is 8.57. The molecular formula is C19H22Cl2N2O4. The van der Waals surface area contributed by atoms with Crippen molar-refractivity contribution in [1.29, 1.82) is 0 Å². The van der Waals surface area contributed by atoms with E-state index in [1.165, 1.54) is 0 Å². The zero-order valence-electron chi connectivity index (χ0n) is 15.4. The maximum absolute atomic E-state index is 12.3. The first-order valence-corrected chi connectivity index (χ1v) is 9.33. The molecule has 2 amide bonds. The molecule has 2 N–H and O–H groups in total. The SMILES string of the molecule is CCOc1cc(NC(=O)Nc2ccc(Cl)c(Cl)c2)cc(OCC)c1OCC. The Bertz CT molecular complexity index is 772. The average Bonchev–Trinajstić information content (AvgIpc) is 2.61. The maximum atomic E-state index is 12.3. The molecule has 0 aliphatic rings. The van der Waals surface area contributed by atoms with Gasteiger partial charge in [0.15, 0.2) is 11.5 Å². The quantitative estimate of drug-likeness (QED) is 0.571. The van der Waals surface area contributed by atoms with Gasteiger partial charge >= 0.3 is 6.03 Å². The van der Waals surface area contributed by atoms with Gasteiger partial charge in [-0.15, -0.1) is 0 Å². The molecule has 0 radical (unpaired) electrons. The van der Waals surface area contributed by atoms with Crippen molar-refractivity contribution in [2.75, 3.05) is 30.5 Å². The molecule has 0 fully saturated rings. The van der Waals surface area contributed by atoms with Crippen molar-refractivity contribution in [3.05, 3.63) is 40.4 Å². The molecule has 2 rings (SSSR count). The predicted molar refractivity (Wildman–Crippen MR) is 109 cm³/mol. The topological polar surface area (TPSA) is 68.8 Å². The molecule has 0 heterocycles. The molecule has 2 aromatic carbocycles. The van der Waals surface area contributed by atoms with Crippen molar-refractivity contribution in [2.24, 2.45) is 0 Å². The number of urea groups is 1. The van der Waals surface area contributed by atoms with E-state index in [4.69, 9.17) is 37.4 Å². The number of carbonyl (C=O) groups excluding carboxylic acids is 1. The van der Waals surface area contributed by atoms with Gasteiger partial charge in [0.2, 0.25) is 5.75 Å². The standard InChI is InChI=1S/C19H22Cl2N2O4/c1-4-25-16-10-13(11-17(26-5-2)18(16)27-6-3)23-19(24)22-12-7-8-14(20)15(21)9-12/h7-11H,4-6H2,1-3H3,(H2,22,23,24). The summed E-state index contributed by atoms with van der Waals surface area (Å²) in [4.78, 5) is 12.3. The van der Waals surface area contributed by atoms with Crippen LogP contribution in [0, 0.1) is 0 Å². The molecule has 0 aliphatic heterocycles. The zero-order valence-corrected chi connectivity index (χ0v) is 16.9. The third-order valence-electron chi connectivity index (χ3n) is 3.34. The molecule has 0 aromatic heterocycles. The second kappa shape index (κ2) is 10.1.